The molecule has 11 N–H and O–H groups in total. The van der Waals surface area contributed by atoms with Crippen molar-refractivity contribution in [2.24, 2.45) is 11.5 Å². The Morgan fingerprint density at radius 3 is 1.28 bits per heavy atom. The van der Waals surface area contributed by atoms with Crippen LogP contribution in [0.15, 0.2) is 30.3 Å². The SMILES string of the molecule is CCCCCCCCCCCCc1cc2c3ccc(C(=O)O)c4c(C(=O)O)ccc(c5c(N)c(CCCCCCCCCCCC)c(C(=O)O)c(c1C(=O)O)c25)c43.NC(=O)NC(N)=O. The van der Waals surface area contributed by atoms with Gasteiger partial charge in [-0.25, -0.2) is 28.8 Å². The number of carbonyl (C=O) groups excluding carboxylic acids is 2. The van der Waals surface area contributed by atoms with E-state index in [-0.39, 0.29) is 38.7 Å². The number of imide groups is 1. The van der Waals surface area contributed by atoms with Gasteiger partial charge < -0.3 is 37.6 Å². The van der Waals surface area contributed by atoms with Crippen LogP contribution in [0.3, 0.4) is 0 Å². The summed E-state index contributed by atoms with van der Waals surface area (Å²) in [6.45, 7) is 4.41. The second kappa shape index (κ2) is 24.6. The normalized spacial score (nSPS) is 11.3. The number of anilines is 1. The van der Waals surface area contributed by atoms with Gasteiger partial charge in [-0.3, -0.25) is 5.32 Å². The van der Waals surface area contributed by atoms with Crippen LogP contribution in [0.25, 0.3) is 43.1 Å². The Morgan fingerprint density at radius 1 is 0.453 bits per heavy atom. The number of carbonyl (C=O) groups is 6. The molecule has 346 valence electrons. The van der Waals surface area contributed by atoms with E-state index in [1.807, 2.05) is 0 Å². The summed E-state index contributed by atoms with van der Waals surface area (Å²) in [5.41, 5.74) is 16.5. The summed E-state index contributed by atoms with van der Waals surface area (Å²) in [6, 6.07) is 5.87. The van der Waals surface area contributed by atoms with Gasteiger partial charge >= 0.3 is 35.9 Å². The third-order valence-electron chi connectivity index (χ3n) is 12.2. The molecule has 0 heterocycles. The van der Waals surface area contributed by atoms with Crippen LogP contribution >= 0.6 is 0 Å². The number of primary amides is 2. The standard InChI is InChI=1S/C48H61NO8.C2H5N3O2/c1-3-5-7-9-11-13-15-17-19-21-23-30-29-36-31-25-27-34(45(50)51)39-35(46(52)53)28-26-32(38(31)39)41-40(36)43(37(30)47(54)55)42(48(56)57)33(44(41)49)24-22-20-18-16-14-12-10-8-6-4-2;3-1(6)5-2(4)7/h25-29H,3-24,49H2,1-2H3,(H,50,51)(H,52,53)(H,54,55)(H,56,57);(H5,3,4,5,6,7). The molecule has 0 aliphatic carbocycles. The maximum Gasteiger partial charge on any atom is 0.336 e. The summed E-state index contributed by atoms with van der Waals surface area (Å²) in [7, 11) is 0. The minimum atomic E-state index is -1.28. The molecule has 0 saturated heterocycles. The lowest BCUT2D eigenvalue weighted by atomic mass is 9.79. The Bertz CT molecular complexity index is 2430. The number of aryl methyl sites for hydroxylation is 1. The van der Waals surface area contributed by atoms with E-state index in [4.69, 9.17) is 5.73 Å². The van der Waals surface area contributed by atoms with Crippen LogP contribution in [0, 0.1) is 0 Å². The fourth-order valence-electron chi connectivity index (χ4n) is 9.25. The maximum atomic E-state index is 13.4. The Morgan fingerprint density at radius 2 is 0.875 bits per heavy atom. The number of nitrogens with one attached hydrogen (secondary N) is 1. The topological polar surface area (TPSA) is 273 Å². The number of amides is 4. The summed E-state index contributed by atoms with van der Waals surface area (Å²) in [4.78, 5) is 71.2. The van der Waals surface area contributed by atoms with Crippen molar-refractivity contribution in [1.29, 1.82) is 0 Å². The number of urea groups is 2. The highest BCUT2D eigenvalue weighted by Crippen LogP contribution is 2.49. The minimum absolute atomic E-state index is 0.0448. The number of hydrogen-bond acceptors (Lipinski definition) is 7. The minimum Gasteiger partial charge on any atom is -0.478 e. The second-order valence-electron chi connectivity index (χ2n) is 16.9. The average Bonchev–Trinajstić information content (AvgIpc) is 3.23. The number of benzene rings is 5. The Kier molecular flexibility index (Phi) is 19.4. The van der Waals surface area contributed by atoms with Crippen LogP contribution in [0.1, 0.15) is 195 Å². The fraction of sp³-hybridized carbons (Fsp3) is 0.480. The molecule has 4 amide bonds. The van der Waals surface area contributed by atoms with Crippen molar-refractivity contribution < 1.29 is 49.2 Å². The van der Waals surface area contributed by atoms with E-state index >= 15 is 0 Å². The van der Waals surface area contributed by atoms with Crippen molar-refractivity contribution in [3.8, 4) is 0 Å². The number of nitrogens with two attached hydrogens (primary N) is 3. The molecule has 0 bridgehead atoms. The van der Waals surface area contributed by atoms with Crippen LogP contribution in [0.2, 0.25) is 0 Å². The van der Waals surface area contributed by atoms with Gasteiger partial charge in [0.25, 0.3) is 0 Å². The lowest BCUT2D eigenvalue weighted by molar-refractivity contribution is 0.0680. The van der Waals surface area contributed by atoms with E-state index in [2.05, 4.69) is 25.3 Å². The summed E-state index contributed by atoms with van der Waals surface area (Å²) in [5, 5.41) is 46.8. The van der Waals surface area contributed by atoms with Crippen LogP contribution in [-0.4, -0.2) is 56.4 Å². The lowest BCUT2D eigenvalue weighted by Crippen LogP contribution is -2.38. The van der Waals surface area contributed by atoms with Gasteiger partial charge in [0.15, 0.2) is 0 Å². The van der Waals surface area contributed by atoms with E-state index in [1.165, 1.54) is 76.3 Å². The Hall–Kier alpha value is -6.18. The van der Waals surface area contributed by atoms with E-state index in [9.17, 15) is 49.2 Å². The Labute approximate surface area is 374 Å². The summed E-state index contributed by atoms with van der Waals surface area (Å²) < 4.78 is 0. The van der Waals surface area contributed by atoms with Gasteiger partial charge in [-0.2, -0.15) is 0 Å². The van der Waals surface area contributed by atoms with Crippen molar-refractivity contribution in [1.82, 2.24) is 5.32 Å². The highest BCUT2D eigenvalue weighted by Gasteiger charge is 2.31. The first-order chi connectivity index (χ1) is 30.7. The van der Waals surface area contributed by atoms with Crippen LogP contribution in [-0.2, 0) is 12.8 Å². The van der Waals surface area contributed by atoms with Crippen molar-refractivity contribution in [2.75, 3.05) is 5.73 Å². The molecule has 0 saturated carbocycles. The quantitative estimate of drug-likeness (QED) is 0.0112. The number of unbranched alkanes of at least 4 members (excludes halogenated alkanes) is 18. The van der Waals surface area contributed by atoms with Gasteiger partial charge in [0.1, 0.15) is 0 Å². The number of aromatic carboxylic acids is 4. The zero-order valence-electron chi connectivity index (χ0n) is 37.4. The van der Waals surface area contributed by atoms with Gasteiger partial charge in [-0.1, -0.05) is 142 Å². The Balaban J connectivity index is 0.00000118. The van der Waals surface area contributed by atoms with Crippen LogP contribution in [0.4, 0.5) is 15.3 Å². The lowest BCUT2D eigenvalue weighted by Gasteiger charge is -2.24. The number of nitrogen functional groups attached to an aromatic ring is 1. The zero-order chi connectivity index (χ0) is 46.9. The molecule has 0 atom stereocenters. The molecule has 0 fully saturated rings. The summed E-state index contributed by atoms with van der Waals surface area (Å²) in [6.07, 6.45) is 22.7. The average molecular weight is 883 g/mol. The molecule has 0 spiro atoms. The first-order valence-corrected chi connectivity index (χ1v) is 23.0. The van der Waals surface area contributed by atoms with Crippen LogP contribution < -0.4 is 22.5 Å². The molecule has 14 heteroatoms. The zero-order valence-corrected chi connectivity index (χ0v) is 37.4. The summed E-state index contributed by atoms with van der Waals surface area (Å²) in [5.74, 6) is -5.03. The van der Waals surface area contributed by atoms with E-state index in [1.54, 1.807) is 23.5 Å². The number of carboxylic acids is 4. The van der Waals surface area contributed by atoms with Gasteiger partial charge in [0, 0.05) is 27.2 Å². The highest BCUT2D eigenvalue weighted by atomic mass is 16.4. The van der Waals surface area contributed by atoms with Gasteiger partial charge in [-0.15, -0.1) is 0 Å². The number of carboxylic acid groups (broad SMARTS) is 4. The monoisotopic (exact) mass is 882 g/mol. The molecule has 5 aromatic rings. The maximum absolute atomic E-state index is 13.4. The fourth-order valence-corrected chi connectivity index (χ4v) is 9.25. The third kappa shape index (κ3) is 12.5. The van der Waals surface area contributed by atoms with Crippen LogP contribution in [0.5, 0.6) is 0 Å². The molecular weight excluding hydrogens is 817 g/mol. The summed E-state index contributed by atoms with van der Waals surface area (Å²) >= 11 is 0. The van der Waals surface area contributed by atoms with Gasteiger partial charge in [0.05, 0.1) is 22.3 Å². The predicted octanol–water partition coefficient (Wildman–Crippen LogP) is 11.8. The third-order valence-corrected chi connectivity index (χ3v) is 12.2. The molecule has 0 radical (unpaired) electrons. The molecule has 0 aliphatic rings. The molecule has 0 aliphatic heterocycles. The first-order valence-electron chi connectivity index (χ1n) is 23.0. The van der Waals surface area contributed by atoms with Gasteiger partial charge in [-0.05, 0) is 76.6 Å². The van der Waals surface area contributed by atoms with Crippen molar-refractivity contribution in [3.05, 3.63) is 63.7 Å². The van der Waals surface area contributed by atoms with Crippen molar-refractivity contribution in [3.63, 3.8) is 0 Å². The molecular formula is C50H66N4O10. The molecule has 64 heavy (non-hydrogen) atoms. The second-order valence-corrected chi connectivity index (χ2v) is 16.9. The van der Waals surface area contributed by atoms with Crippen molar-refractivity contribution in [2.45, 2.75) is 155 Å². The number of rotatable bonds is 26. The number of hydrogen-bond donors (Lipinski definition) is 8. The number of fused-ring (bicyclic) bond motifs is 2. The van der Waals surface area contributed by atoms with E-state index < -0.39 is 35.9 Å². The molecule has 0 unspecified atom stereocenters. The van der Waals surface area contributed by atoms with E-state index in [0.29, 0.717) is 69.1 Å². The van der Waals surface area contributed by atoms with Gasteiger partial charge in [0.2, 0.25) is 0 Å². The predicted molar refractivity (Wildman–Crippen MR) is 253 cm³/mol. The largest absolute Gasteiger partial charge is 0.478 e. The first kappa shape index (κ1) is 50.5. The van der Waals surface area contributed by atoms with E-state index in [0.717, 1.165) is 51.4 Å². The molecule has 0 aromatic heterocycles. The van der Waals surface area contributed by atoms with Crippen molar-refractivity contribution >= 4 is 84.7 Å². The highest BCUT2D eigenvalue weighted by molar-refractivity contribution is 6.40. The molecule has 5 rings (SSSR count). The molecule has 14 nitrogen and oxygen atoms in total. The molecule has 5 aromatic carbocycles. The smallest absolute Gasteiger partial charge is 0.336 e.